The predicted molar refractivity (Wildman–Crippen MR) is 44.3 cm³/mol. The molecule has 0 bridgehead atoms. The van der Waals surface area contributed by atoms with Gasteiger partial charge in [0.05, 0.1) is 6.61 Å². The van der Waals surface area contributed by atoms with E-state index in [1.54, 1.807) is 0 Å². The Hall–Kier alpha value is -0.0800. The summed E-state index contributed by atoms with van der Waals surface area (Å²) in [7, 11) is 4.18. The average Bonchev–Trinajstić information content (AvgIpc) is 1.89. The van der Waals surface area contributed by atoms with Crippen molar-refractivity contribution < 1.29 is 4.74 Å². The Bertz CT molecular complexity index is 73.7. The SMILES string of the molecule is CCOCC(CC)N(C)C. The molecular weight excluding hydrogens is 126 g/mol. The van der Waals surface area contributed by atoms with Crippen molar-refractivity contribution >= 4 is 0 Å². The molecule has 0 aliphatic carbocycles. The number of rotatable bonds is 5. The van der Waals surface area contributed by atoms with Gasteiger partial charge < -0.3 is 9.64 Å². The third-order valence-corrected chi connectivity index (χ3v) is 1.72. The Balaban J connectivity index is 3.40. The normalized spacial score (nSPS) is 14.1. The van der Waals surface area contributed by atoms with Gasteiger partial charge in [0.25, 0.3) is 0 Å². The molecule has 0 saturated heterocycles. The monoisotopic (exact) mass is 145 g/mol. The van der Waals surface area contributed by atoms with Crippen molar-refractivity contribution in [3.05, 3.63) is 0 Å². The van der Waals surface area contributed by atoms with Crippen LogP contribution in [0.4, 0.5) is 0 Å². The number of hydrogen-bond donors (Lipinski definition) is 0. The smallest absolute Gasteiger partial charge is 0.0621 e. The van der Waals surface area contributed by atoms with Gasteiger partial charge in [0.15, 0.2) is 0 Å². The molecule has 0 rings (SSSR count). The maximum atomic E-state index is 5.31. The highest BCUT2D eigenvalue weighted by Crippen LogP contribution is 1.98. The largest absolute Gasteiger partial charge is 0.380 e. The van der Waals surface area contributed by atoms with E-state index in [9.17, 15) is 0 Å². The van der Waals surface area contributed by atoms with Crippen molar-refractivity contribution in [2.75, 3.05) is 27.3 Å². The second kappa shape index (κ2) is 5.69. The van der Waals surface area contributed by atoms with Gasteiger partial charge in [0, 0.05) is 12.6 Å². The van der Waals surface area contributed by atoms with Crippen LogP contribution >= 0.6 is 0 Å². The molecule has 0 aromatic carbocycles. The van der Waals surface area contributed by atoms with Crippen LogP contribution in [0, 0.1) is 0 Å². The second-order valence-electron chi connectivity index (χ2n) is 2.69. The first-order valence-electron chi connectivity index (χ1n) is 3.96. The summed E-state index contributed by atoms with van der Waals surface area (Å²) < 4.78 is 5.31. The number of nitrogens with zero attached hydrogens (tertiary/aromatic N) is 1. The van der Waals surface area contributed by atoms with Gasteiger partial charge in [-0.3, -0.25) is 0 Å². The standard InChI is InChI=1S/C8H19NO/c1-5-8(9(3)4)7-10-6-2/h8H,5-7H2,1-4H3. The van der Waals surface area contributed by atoms with Crippen LogP contribution in [0.15, 0.2) is 0 Å². The zero-order chi connectivity index (χ0) is 7.98. The summed E-state index contributed by atoms with van der Waals surface area (Å²) in [5.41, 5.74) is 0. The maximum absolute atomic E-state index is 5.31. The van der Waals surface area contributed by atoms with E-state index < -0.39 is 0 Å². The summed E-state index contributed by atoms with van der Waals surface area (Å²) >= 11 is 0. The lowest BCUT2D eigenvalue weighted by Gasteiger charge is -2.21. The Kier molecular flexibility index (Phi) is 5.64. The van der Waals surface area contributed by atoms with E-state index in [2.05, 4.69) is 25.9 Å². The van der Waals surface area contributed by atoms with Crippen molar-refractivity contribution in [3.8, 4) is 0 Å². The molecule has 2 heteroatoms. The molecule has 0 aliphatic heterocycles. The molecule has 0 amide bonds. The van der Waals surface area contributed by atoms with Crippen LogP contribution in [0.5, 0.6) is 0 Å². The van der Waals surface area contributed by atoms with Gasteiger partial charge in [-0.2, -0.15) is 0 Å². The fourth-order valence-electron chi connectivity index (χ4n) is 0.886. The van der Waals surface area contributed by atoms with E-state index in [1.807, 2.05) is 6.92 Å². The molecular formula is C8H19NO. The van der Waals surface area contributed by atoms with E-state index in [-0.39, 0.29) is 0 Å². The van der Waals surface area contributed by atoms with E-state index in [1.165, 1.54) is 0 Å². The third kappa shape index (κ3) is 3.85. The van der Waals surface area contributed by atoms with E-state index in [0.29, 0.717) is 6.04 Å². The van der Waals surface area contributed by atoms with Crippen LogP contribution in [0.2, 0.25) is 0 Å². The van der Waals surface area contributed by atoms with Gasteiger partial charge in [-0.1, -0.05) is 6.92 Å². The van der Waals surface area contributed by atoms with Gasteiger partial charge >= 0.3 is 0 Å². The molecule has 0 spiro atoms. The summed E-state index contributed by atoms with van der Waals surface area (Å²) in [5.74, 6) is 0. The summed E-state index contributed by atoms with van der Waals surface area (Å²) in [6.07, 6.45) is 1.16. The number of ether oxygens (including phenoxy) is 1. The molecule has 0 saturated carbocycles. The highest BCUT2D eigenvalue weighted by molar-refractivity contribution is 4.61. The van der Waals surface area contributed by atoms with Crippen LogP contribution < -0.4 is 0 Å². The fraction of sp³-hybridized carbons (Fsp3) is 1.00. The van der Waals surface area contributed by atoms with Crippen molar-refractivity contribution in [2.45, 2.75) is 26.3 Å². The Labute approximate surface area is 64.2 Å². The van der Waals surface area contributed by atoms with Crippen molar-refractivity contribution in [2.24, 2.45) is 0 Å². The lowest BCUT2D eigenvalue weighted by atomic mass is 10.2. The second-order valence-corrected chi connectivity index (χ2v) is 2.69. The third-order valence-electron chi connectivity index (χ3n) is 1.72. The van der Waals surface area contributed by atoms with Gasteiger partial charge in [-0.15, -0.1) is 0 Å². The average molecular weight is 145 g/mol. The van der Waals surface area contributed by atoms with Crippen LogP contribution in [0.1, 0.15) is 20.3 Å². The minimum Gasteiger partial charge on any atom is -0.380 e. The predicted octanol–water partition coefficient (Wildman–Crippen LogP) is 1.36. The van der Waals surface area contributed by atoms with Gasteiger partial charge in [-0.05, 0) is 27.4 Å². The van der Waals surface area contributed by atoms with Crippen molar-refractivity contribution in [1.29, 1.82) is 0 Å². The zero-order valence-electron chi connectivity index (χ0n) is 7.55. The first-order chi connectivity index (χ1) is 4.72. The van der Waals surface area contributed by atoms with Gasteiger partial charge in [0.2, 0.25) is 0 Å². The minimum absolute atomic E-state index is 0.583. The lowest BCUT2D eigenvalue weighted by molar-refractivity contribution is 0.0862. The van der Waals surface area contributed by atoms with E-state index in [0.717, 1.165) is 19.6 Å². The summed E-state index contributed by atoms with van der Waals surface area (Å²) in [6, 6.07) is 0.583. The zero-order valence-corrected chi connectivity index (χ0v) is 7.55. The highest BCUT2D eigenvalue weighted by Gasteiger charge is 2.06. The lowest BCUT2D eigenvalue weighted by Crippen LogP contribution is -2.31. The molecule has 1 unspecified atom stereocenters. The number of likely N-dealkylation sites (N-methyl/N-ethyl adjacent to an activating group) is 1. The molecule has 0 aromatic rings. The quantitative estimate of drug-likeness (QED) is 0.579. The van der Waals surface area contributed by atoms with Gasteiger partial charge in [0.1, 0.15) is 0 Å². The molecule has 0 N–H and O–H groups in total. The van der Waals surface area contributed by atoms with E-state index in [4.69, 9.17) is 4.74 Å². The van der Waals surface area contributed by atoms with E-state index >= 15 is 0 Å². The Morgan fingerprint density at radius 3 is 2.20 bits per heavy atom. The maximum Gasteiger partial charge on any atom is 0.0621 e. The molecule has 0 aliphatic rings. The topological polar surface area (TPSA) is 12.5 Å². The fourth-order valence-corrected chi connectivity index (χ4v) is 0.886. The molecule has 0 heterocycles. The van der Waals surface area contributed by atoms with Crippen LogP contribution in [-0.2, 0) is 4.74 Å². The van der Waals surface area contributed by atoms with Crippen molar-refractivity contribution in [3.63, 3.8) is 0 Å². The minimum atomic E-state index is 0.583. The molecule has 10 heavy (non-hydrogen) atoms. The first kappa shape index (κ1) is 9.92. The highest BCUT2D eigenvalue weighted by atomic mass is 16.5. The van der Waals surface area contributed by atoms with Crippen LogP contribution in [0.25, 0.3) is 0 Å². The first-order valence-corrected chi connectivity index (χ1v) is 3.96. The van der Waals surface area contributed by atoms with Crippen LogP contribution in [0.3, 0.4) is 0 Å². The molecule has 62 valence electrons. The molecule has 0 aromatic heterocycles. The Morgan fingerprint density at radius 2 is 1.90 bits per heavy atom. The summed E-state index contributed by atoms with van der Waals surface area (Å²) in [5, 5.41) is 0. The molecule has 0 radical (unpaired) electrons. The molecule has 0 fully saturated rings. The molecule has 2 nitrogen and oxygen atoms in total. The summed E-state index contributed by atoms with van der Waals surface area (Å²) in [6.45, 7) is 5.90. The number of hydrogen-bond acceptors (Lipinski definition) is 2. The molecule has 1 atom stereocenters. The summed E-state index contributed by atoms with van der Waals surface area (Å²) in [4.78, 5) is 2.20. The van der Waals surface area contributed by atoms with Crippen LogP contribution in [-0.4, -0.2) is 38.3 Å². The van der Waals surface area contributed by atoms with Crippen molar-refractivity contribution in [1.82, 2.24) is 4.90 Å². The van der Waals surface area contributed by atoms with Gasteiger partial charge in [-0.25, -0.2) is 0 Å². The Morgan fingerprint density at radius 1 is 1.30 bits per heavy atom.